The minimum Gasteiger partial charge on any atom is -0.480 e. The van der Waals surface area contributed by atoms with Gasteiger partial charge in [0.05, 0.1) is 11.4 Å². The van der Waals surface area contributed by atoms with Gasteiger partial charge in [0.1, 0.15) is 6.04 Å². The summed E-state index contributed by atoms with van der Waals surface area (Å²) in [5, 5.41) is 17.5. The molecule has 1 unspecified atom stereocenters. The molecular weight excluding hydrogens is 350 g/mol. The molecule has 1 atom stereocenters. The third-order valence-corrected chi connectivity index (χ3v) is 4.89. The second-order valence-electron chi connectivity index (χ2n) is 7.01. The number of carbonyl (C=O) groups is 1. The maximum absolute atomic E-state index is 11.6. The van der Waals surface area contributed by atoms with Crippen molar-refractivity contribution in [2.24, 2.45) is 0 Å². The number of para-hydroxylation sites is 1. The minimum absolute atomic E-state index is 0.456. The largest absolute Gasteiger partial charge is 0.480 e. The van der Waals surface area contributed by atoms with E-state index in [0.29, 0.717) is 13.0 Å². The summed E-state index contributed by atoms with van der Waals surface area (Å²) < 4.78 is 1.86. The lowest BCUT2D eigenvalue weighted by Crippen LogP contribution is -2.36. The fourth-order valence-electron chi connectivity index (χ4n) is 3.27. The summed E-state index contributed by atoms with van der Waals surface area (Å²) >= 11 is 0. The predicted molar refractivity (Wildman–Crippen MR) is 112 cm³/mol. The minimum atomic E-state index is -0.804. The van der Waals surface area contributed by atoms with Crippen LogP contribution in [0.15, 0.2) is 60.8 Å². The number of hydrogen-bond donors (Lipinski definition) is 2. The van der Waals surface area contributed by atoms with Gasteiger partial charge in [-0.15, -0.1) is 0 Å². The van der Waals surface area contributed by atoms with Gasteiger partial charge in [-0.25, -0.2) is 4.68 Å². The highest BCUT2D eigenvalue weighted by atomic mass is 16.4. The fraction of sp³-hybridized carbons (Fsp3) is 0.304. The molecule has 2 N–H and O–H groups in total. The van der Waals surface area contributed by atoms with Crippen molar-refractivity contribution < 1.29 is 9.90 Å². The molecule has 0 aliphatic carbocycles. The highest BCUT2D eigenvalue weighted by molar-refractivity contribution is 5.73. The Bertz CT molecular complexity index is 919. The van der Waals surface area contributed by atoms with Crippen LogP contribution in [-0.2, 0) is 11.3 Å². The van der Waals surface area contributed by atoms with E-state index in [4.69, 9.17) is 5.10 Å². The van der Waals surface area contributed by atoms with Gasteiger partial charge in [-0.1, -0.05) is 62.2 Å². The van der Waals surface area contributed by atoms with Crippen LogP contribution in [0, 0.1) is 6.92 Å². The summed E-state index contributed by atoms with van der Waals surface area (Å²) in [4.78, 5) is 11.6. The summed E-state index contributed by atoms with van der Waals surface area (Å²) in [6, 6.07) is 17.5. The van der Waals surface area contributed by atoms with E-state index < -0.39 is 12.0 Å². The number of carboxylic acid groups (broad SMARTS) is 1. The number of aliphatic carboxylic acids is 1. The smallest absolute Gasteiger partial charge is 0.320 e. The highest BCUT2D eigenvalue weighted by Crippen LogP contribution is 2.26. The fourth-order valence-corrected chi connectivity index (χ4v) is 3.27. The molecule has 146 valence electrons. The average molecular weight is 377 g/mol. The molecule has 3 aromatic rings. The van der Waals surface area contributed by atoms with Crippen molar-refractivity contribution in [3.8, 4) is 16.9 Å². The summed E-state index contributed by atoms with van der Waals surface area (Å²) in [6.45, 7) is 4.59. The molecule has 0 saturated heterocycles. The lowest BCUT2D eigenvalue weighted by Gasteiger charge is -2.14. The Morgan fingerprint density at radius 2 is 1.86 bits per heavy atom. The molecule has 0 aliphatic rings. The van der Waals surface area contributed by atoms with E-state index >= 15 is 0 Å². The summed E-state index contributed by atoms with van der Waals surface area (Å²) in [5.74, 6) is -0.804. The van der Waals surface area contributed by atoms with Crippen LogP contribution >= 0.6 is 0 Å². The molecule has 1 heterocycles. The number of hydrogen-bond acceptors (Lipinski definition) is 3. The van der Waals surface area contributed by atoms with Crippen molar-refractivity contribution in [1.82, 2.24) is 15.1 Å². The Morgan fingerprint density at radius 1 is 1.14 bits per heavy atom. The molecule has 0 bridgehead atoms. The lowest BCUT2D eigenvalue weighted by atomic mass is 10.0. The molecule has 0 spiro atoms. The van der Waals surface area contributed by atoms with Crippen LogP contribution in [0.4, 0.5) is 0 Å². The first-order chi connectivity index (χ1) is 13.6. The summed E-state index contributed by atoms with van der Waals surface area (Å²) in [6.07, 6.45) is 4.48. The number of aromatic nitrogens is 2. The lowest BCUT2D eigenvalue weighted by molar-refractivity contribution is -0.139. The molecule has 0 fully saturated rings. The number of rotatable bonds is 9. The quantitative estimate of drug-likeness (QED) is 0.573. The van der Waals surface area contributed by atoms with Gasteiger partial charge in [-0.3, -0.25) is 4.79 Å². The number of carboxylic acids is 1. The zero-order valence-corrected chi connectivity index (χ0v) is 16.4. The van der Waals surface area contributed by atoms with Crippen LogP contribution in [0.5, 0.6) is 0 Å². The molecule has 5 heteroatoms. The first-order valence-corrected chi connectivity index (χ1v) is 9.76. The first-order valence-electron chi connectivity index (χ1n) is 9.76. The van der Waals surface area contributed by atoms with E-state index in [1.807, 2.05) is 53.3 Å². The van der Waals surface area contributed by atoms with Gasteiger partial charge in [-0.2, -0.15) is 5.10 Å². The zero-order chi connectivity index (χ0) is 19.9. The van der Waals surface area contributed by atoms with Crippen molar-refractivity contribution in [3.63, 3.8) is 0 Å². The number of benzene rings is 2. The highest BCUT2D eigenvalue weighted by Gasteiger charge is 2.19. The van der Waals surface area contributed by atoms with E-state index in [2.05, 4.69) is 31.3 Å². The number of nitrogens with zero attached hydrogens (tertiary/aromatic N) is 2. The summed E-state index contributed by atoms with van der Waals surface area (Å²) in [5.41, 5.74) is 5.05. The SMILES string of the molecule is CCCCC(NCc1cn(-c2ccccc2)nc1-c1ccccc1C)C(=O)O. The third kappa shape index (κ3) is 4.67. The Balaban J connectivity index is 1.93. The Kier molecular flexibility index (Phi) is 6.61. The molecule has 0 radical (unpaired) electrons. The van der Waals surface area contributed by atoms with E-state index in [0.717, 1.165) is 40.9 Å². The van der Waals surface area contributed by atoms with Crippen LogP contribution in [0.25, 0.3) is 16.9 Å². The molecule has 5 nitrogen and oxygen atoms in total. The van der Waals surface area contributed by atoms with Gasteiger partial charge in [0.2, 0.25) is 0 Å². The first kappa shape index (κ1) is 19.8. The van der Waals surface area contributed by atoms with Gasteiger partial charge < -0.3 is 10.4 Å². The summed E-state index contributed by atoms with van der Waals surface area (Å²) in [7, 11) is 0. The van der Waals surface area contributed by atoms with Crippen molar-refractivity contribution in [2.45, 2.75) is 45.7 Å². The molecule has 28 heavy (non-hydrogen) atoms. The predicted octanol–water partition coefficient (Wildman–Crippen LogP) is 4.58. The normalized spacial score (nSPS) is 12.1. The second-order valence-corrected chi connectivity index (χ2v) is 7.01. The van der Waals surface area contributed by atoms with Crippen molar-refractivity contribution in [1.29, 1.82) is 0 Å². The Morgan fingerprint density at radius 3 is 2.54 bits per heavy atom. The molecule has 0 aliphatic heterocycles. The van der Waals surface area contributed by atoms with Crippen LogP contribution in [-0.4, -0.2) is 26.9 Å². The average Bonchev–Trinajstić information content (AvgIpc) is 3.13. The van der Waals surface area contributed by atoms with Gasteiger partial charge in [0, 0.05) is 23.9 Å². The Labute approximate surface area is 166 Å². The topological polar surface area (TPSA) is 67.2 Å². The van der Waals surface area contributed by atoms with E-state index in [-0.39, 0.29) is 0 Å². The molecule has 1 aromatic heterocycles. The van der Waals surface area contributed by atoms with E-state index in [1.165, 1.54) is 0 Å². The van der Waals surface area contributed by atoms with E-state index in [9.17, 15) is 9.90 Å². The maximum atomic E-state index is 11.6. The molecule has 3 rings (SSSR count). The number of nitrogens with one attached hydrogen (secondary N) is 1. The van der Waals surface area contributed by atoms with Crippen LogP contribution in [0.2, 0.25) is 0 Å². The van der Waals surface area contributed by atoms with Crippen LogP contribution < -0.4 is 5.32 Å². The zero-order valence-electron chi connectivity index (χ0n) is 16.4. The van der Waals surface area contributed by atoms with Crippen LogP contribution in [0.1, 0.15) is 37.3 Å². The van der Waals surface area contributed by atoms with Crippen molar-refractivity contribution >= 4 is 5.97 Å². The molecule has 0 amide bonds. The molecule has 2 aromatic carbocycles. The standard InChI is InChI=1S/C23H27N3O2/c1-3-4-14-21(23(27)28)24-15-18-16-26(19-11-6-5-7-12-19)25-22(18)20-13-9-8-10-17(20)2/h5-13,16,21,24H,3-4,14-15H2,1-2H3,(H,27,28). The Hall–Kier alpha value is -2.92. The van der Waals surface area contributed by atoms with Crippen molar-refractivity contribution in [3.05, 3.63) is 71.9 Å². The maximum Gasteiger partial charge on any atom is 0.320 e. The van der Waals surface area contributed by atoms with Crippen molar-refractivity contribution in [2.75, 3.05) is 0 Å². The molecular formula is C23H27N3O2. The van der Waals surface area contributed by atoms with Gasteiger partial charge in [0.25, 0.3) is 0 Å². The van der Waals surface area contributed by atoms with Gasteiger partial charge >= 0.3 is 5.97 Å². The molecule has 0 saturated carbocycles. The second kappa shape index (κ2) is 9.33. The van der Waals surface area contributed by atoms with Gasteiger partial charge in [0.15, 0.2) is 0 Å². The van der Waals surface area contributed by atoms with Gasteiger partial charge in [-0.05, 0) is 31.0 Å². The monoisotopic (exact) mass is 377 g/mol. The third-order valence-electron chi connectivity index (χ3n) is 4.89. The van der Waals surface area contributed by atoms with E-state index in [1.54, 1.807) is 0 Å². The number of unbranched alkanes of at least 4 members (excludes halogenated alkanes) is 1. The number of aryl methyl sites for hydroxylation is 1. The van der Waals surface area contributed by atoms with Crippen LogP contribution in [0.3, 0.4) is 0 Å².